The summed E-state index contributed by atoms with van der Waals surface area (Å²) < 4.78 is 42.7. The van der Waals surface area contributed by atoms with Crippen LogP contribution in [0.4, 0.5) is 19.0 Å². The van der Waals surface area contributed by atoms with Crippen LogP contribution >= 0.6 is 11.6 Å². The standard InChI is InChI=1S/C13H13ClF3N3O/c1-6(11-7(2)20-21-8(11)3)19-12-10(14)4-9(5-18-12)13(15,16)17/h4-6H,1-3H3,(H,18,19). The molecule has 0 saturated carbocycles. The number of aryl methyl sites for hydroxylation is 2. The summed E-state index contributed by atoms with van der Waals surface area (Å²) in [4.78, 5) is 3.74. The first-order chi connectivity index (χ1) is 9.70. The monoisotopic (exact) mass is 319 g/mol. The number of alkyl halides is 3. The molecule has 0 spiro atoms. The number of hydrogen-bond donors (Lipinski definition) is 1. The number of hydrogen-bond acceptors (Lipinski definition) is 4. The van der Waals surface area contributed by atoms with Crippen molar-refractivity contribution >= 4 is 17.4 Å². The van der Waals surface area contributed by atoms with Gasteiger partial charge in [0.25, 0.3) is 0 Å². The average molecular weight is 320 g/mol. The quantitative estimate of drug-likeness (QED) is 0.903. The Morgan fingerprint density at radius 3 is 2.48 bits per heavy atom. The van der Waals surface area contributed by atoms with Crippen molar-refractivity contribution in [2.24, 2.45) is 0 Å². The van der Waals surface area contributed by atoms with Crippen LogP contribution in [-0.4, -0.2) is 10.1 Å². The van der Waals surface area contributed by atoms with E-state index < -0.39 is 11.7 Å². The summed E-state index contributed by atoms with van der Waals surface area (Å²) in [5, 5.41) is 6.70. The van der Waals surface area contributed by atoms with Gasteiger partial charge in [0.05, 0.1) is 22.3 Å². The maximum Gasteiger partial charge on any atom is 0.417 e. The zero-order chi connectivity index (χ0) is 15.8. The average Bonchev–Trinajstić information content (AvgIpc) is 2.70. The van der Waals surface area contributed by atoms with Crippen LogP contribution in [0.15, 0.2) is 16.8 Å². The maximum atomic E-state index is 12.6. The normalized spacial score (nSPS) is 13.3. The maximum absolute atomic E-state index is 12.6. The van der Waals surface area contributed by atoms with Gasteiger partial charge in [0, 0.05) is 11.8 Å². The van der Waals surface area contributed by atoms with E-state index in [0.29, 0.717) is 11.5 Å². The van der Waals surface area contributed by atoms with Crippen LogP contribution in [0.2, 0.25) is 5.02 Å². The smallest absolute Gasteiger partial charge is 0.362 e. The second-order valence-electron chi connectivity index (χ2n) is 4.66. The van der Waals surface area contributed by atoms with Crippen molar-refractivity contribution in [2.45, 2.75) is 33.0 Å². The van der Waals surface area contributed by atoms with E-state index in [2.05, 4.69) is 15.5 Å². The Balaban J connectivity index is 2.24. The minimum atomic E-state index is -4.47. The Labute approximate surface area is 124 Å². The molecule has 0 aliphatic heterocycles. The fraction of sp³-hybridized carbons (Fsp3) is 0.385. The Kier molecular flexibility index (Phi) is 4.13. The molecule has 8 heteroatoms. The number of halogens is 4. The van der Waals surface area contributed by atoms with Gasteiger partial charge in [-0.2, -0.15) is 13.2 Å². The molecule has 21 heavy (non-hydrogen) atoms. The Morgan fingerprint density at radius 1 is 1.33 bits per heavy atom. The van der Waals surface area contributed by atoms with Crippen LogP contribution in [0.3, 0.4) is 0 Å². The van der Waals surface area contributed by atoms with Crippen LogP contribution in [0.5, 0.6) is 0 Å². The second-order valence-corrected chi connectivity index (χ2v) is 5.06. The van der Waals surface area contributed by atoms with Gasteiger partial charge in [0.15, 0.2) is 0 Å². The molecule has 0 aromatic carbocycles. The SMILES string of the molecule is Cc1noc(C)c1C(C)Nc1ncc(C(F)(F)F)cc1Cl. The highest BCUT2D eigenvalue weighted by Gasteiger charge is 2.31. The van der Waals surface area contributed by atoms with Gasteiger partial charge in [0.2, 0.25) is 0 Å². The third-order valence-electron chi connectivity index (χ3n) is 3.04. The third kappa shape index (κ3) is 3.29. The van der Waals surface area contributed by atoms with Crippen LogP contribution in [0.25, 0.3) is 0 Å². The van der Waals surface area contributed by atoms with Gasteiger partial charge in [-0.25, -0.2) is 4.98 Å². The molecule has 114 valence electrons. The summed E-state index contributed by atoms with van der Waals surface area (Å²) in [6, 6.07) is 0.592. The highest BCUT2D eigenvalue weighted by atomic mass is 35.5. The number of nitrogens with one attached hydrogen (secondary N) is 1. The van der Waals surface area contributed by atoms with E-state index >= 15 is 0 Å². The van der Waals surface area contributed by atoms with Gasteiger partial charge in [-0.3, -0.25) is 0 Å². The fourth-order valence-electron chi connectivity index (χ4n) is 2.08. The summed E-state index contributed by atoms with van der Waals surface area (Å²) in [7, 11) is 0. The minimum Gasteiger partial charge on any atom is -0.362 e. The molecule has 1 N–H and O–H groups in total. The number of rotatable bonds is 3. The summed E-state index contributed by atoms with van der Waals surface area (Å²) in [5.41, 5.74) is 0.645. The largest absolute Gasteiger partial charge is 0.417 e. The van der Waals surface area contributed by atoms with Crippen LogP contribution in [-0.2, 0) is 6.18 Å². The molecule has 0 bridgehead atoms. The van der Waals surface area contributed by atoms with Gasteiger partial charge in [-0.15, -0.1) is 0 Å². The molecule has 0 fully saturated rings. The molecule has 2 rings (SSSR count). The van der Waals surface area contributed by atoms with Crippen molar-refractivity contribution in [1.29, 1.82) is 0 Å². The van der Waals surface area contributed by atoms with E-state index in [1.165, 1.54) is 0 Å². The lowest BCUT2D eigenvalue weighted by Crippen LogP contribution is -2.11. The first-order valence-corrected chi connectivity index (χ1v) is 6.50. The van der Waals surface area contributed by atoms with Crippen molar-refractivity contribution < 1.29 is 17.7 Å². The first kappa shape index (κ1) is 15.6. The molecule has 0 saturated heterocycles. The highest BCUT2D eigenvalue weighted by Crippen LogP contribution is 2.33. The van der Waals surface area contributed by atoms with E-state index in [-0.39, 0.29) is 16.9 Å². The van der Waals surface area contributed by atoms with E-state index in [1.54, 1.807) is 13.8 Å². The van der Waals surface area contributed by atoms with Crippen molar-refractivity contribution in [1.82, 2.24) is 10.1 Å². The zero-order valence-corrected chi connectivity index (χ0v) is 12.3. The van der Waals surface area contributed by atoms with Crippen molar-refractivity contribution in [2.75, 3.05) is 5.32 Å². The van der Waals surface area contributed by atoms with E-state index in [1.807, 2.05) is 6.92 Å². The molecule has 4 nitrogen and oxygen atoms in total. The predicted molar refractivity (Wildman–Crippen MR) is 72.3 cm³/mol. The lowest BCUT2D eigenvalue weighted by Gasteiger charge is -2.16. The Hall–Kier alpha value is -1.76. The Bertz CT molecular complexity index is 635. The molecule has 1 atom stereocenters. The van der Waals surface area contributed by atoms with Gasteiger partial charge < -0.3 is 9.84 Å². The fourth-order valence-corrected chi connectivity index (χ4v) is 2.31. The van der Waals surface area contributed by atoms with Gasteiger partial charge >= 0.3 is 6.18 Å². The number of aromatic nitrogens is 2. The number of nitrogens with zero attached hydrogens (tertiary/aromatic N) is 2. The van der Waals surface area contributed by atoms with Crippen LogP contribution < -0.4 is 5.32 Å². The molecule has 0 radical (unpaired) electrons. The van der Waals surface area contributed by atoms with E-state index in [0.717, 1.165) is 17.8 Å². The lowest BCUT2D eigenvalue weighted by molar-refractivity contribution is -0.137. The molecular formula is C13H13ClF3N3O. The predicted octanol–water partition coefficient (Wildman–Crippen LogP) is 4.53. The zero-order valence-electron chi connectivity index (χ0n) is 11.5. The number of anilines is 1. The summed E-state index contributed by atoms with van der Waals surface area (Å²) in [6.45, 7) is 5.36. The molecule has 2 aromatic heterocycles. The first-order valence-electron chi connectivity index (χ1n) is 6.12. The van der Waals surface area contributed by atoms with Crippen molar-refractivity contribution in [3.8, 4) is 0 Å². The molecule has 2 aromatic rings. The van der Waals surface area contributed by atoms with Crippen LogP contribution in [0, 0.1) is 13.8 Å². The topological polar surface area (TPSA) is 51.0 Å². The Morgan fingerprint density at radius 2 is 2.00 bits per heavy atom. The van der Waals surface area contributed by atoms with E-state index in [9.17, 15) is 13.2 Å². The molecule has 0 aliphatic rings. The molecular weight excluding hydrogens is 307 g/mol. The van der Waals surface area contributed by atoms with Gasteiger partial charge in [-0.05, 0) is 26.8 Å². The molecule has 2 heterocycles. The van der Waals surface area contributed by atoms with Crippen LogP contribution in [0.1, 0.15) is 35.5 Å². The molecule has 0 amide bonds. The van der Waals surface area contributed by atoms with E-state index in [4.69, 9.17) is 16.1 Å². The van der Waals surface area contributed by atoms with Crippen molar-refractivity contribution in [3.05, 3.63) is 39.9 Å². The summed E-state index contributed by atoms with van der Waals surface area (Å²) in [6.07, 6.45) is -3.73. The van der Waals surface area contributed by atoms with Gasteiger partial charge in [0.1, 0.15) is 11.6 Å². The van der Waals surface area contributed by atoms with Crippen molar-refractivity contribution in [3.63, 3.8) is 0 Å². The second kappa shape index (κ2) is 5.55. The molecule has 0 aliphatic carbocycles. The molecule has 1 unspecified atom stereocenters. The summed E-state index contributed by atoms with van der Waals surface area (Å²) >= 11 is 5.86. The van der Waals surface area contributed by atoms with Gasteiger partial charge in [-0.1, -0.05) is 16.8 Å². The number of pyridine rings is 1. The summed E-state index contributed by atoms with van der Waals surface area (Å²) in [5.74, 6) is 0.813. The lowest BCUT2D eigenvalue weighted by atomic mass is 10.1. The third-order valence-corrected chi connectivity index (χ3v) is 3.33. The minimum absolute atomic E-state index is 0.0940. The highest BCUT2D eigenvalue weighted by molar-refractivity contribution is 6.33.